The molecule has 4 heteroatoms. The summed E-state index contributed by atoms with van der Waals surface area (Å²) in [7, 11) is 0. The van der Waals surface area contributed by atoms with Gasteiger partial charge in [0.25, 0.3) is 0 Å². The summed E-state index contributed by atoms with van der Waals surface area (Å²) >= 11 is 0. The third kappa shape index (κ3) is 3.61. The number of nitrogens with zero attached hydrogens (tertiary/aromatic N) is 2. The Labute approximate surface area is 126 Å². The van der Waals surface area contributed by atoms with Gasteiger partial charge < -0.3 is 10.2 Å². The lowest BCUT2D eigenvalue weighted by Crippen LogP contribution is -2.29. The number of nitrogens with one attached hydrogen (secondary N) is 1. The molecular formula is C17H26FN3. The van der Waals surface area contributed by atoms with Crippen LogP contribution in [0.15, 0.2) is 18.3 Å². The molecule has 0 amide bonds. The summed E-state index contributed by atoms with van der Waals surface area (Å²) < 4.78 is 13.0. The van der Waals surface area contributed by atoms with Crippen molar-refractivity contribution in [3.05, 3.63) is 29.8 Å². The maximum atomic E-state index is 13.0. The van der Waals surface area contributed by atoms with Crippen LogP contribution in [0, 0.1) is 17.7 Å². The van der Waals surface area contributed by atoms with Crippen molar-refractivity contribution < 1.29 is 4.39 Å². The number of halogens is 1. The minimum atomic E-state index is -0.263. The molecule has 1 saturated heterocycles. The van der Waals surface area contributed by atoms with Crippen molar-refractivity contribution >= 4 is 0 Å². The molecule has 2 aliphatic rings. The van der Waals surface area contributed by atoms with E-state index in [0.717, 1.165) is 37.0 Å². The lowest BCUT2D eigenvalue weighted by atomic mass is 10.0. The molecule has 1 aliphatic heterocycles. The van der Waals surface area contributed by atoms with E-state index in [2.05, 4.69) is 22.1 Å². The molecule has 0 aromatic carbocycles. The molecule has 116 valence electrons. The van der Waals surface area contributed by atoms with Crippen LogP contribution in [0.25, 0.3) is 0 Å². The van der Waals surface area contributed by atoms with Gasteiger partial charge in [-0.2, -0.15) is 0 Å². The molecule has 1 N–H and O–H groups in total. The van der Waals surface area contributed by atoms with Crippen LogP contribution in [0.4, 0.5) is 4.39 Å². The summed E-state index contributed by atoms with van der Waals surface area (Å²) in [4.78, 5) is 6.86. The SMILES string of the molecule is CCNC(CCN1CC2CCCC2C1)c1ccc(F)cn1. The first-order valence-corrected chi connectivity index (χ1v) is 8.33. The molecule has 1 aromatic heterocycles. The van der Waals surface area contributed by atoms with Crippen molar-refractivity contribution in [2.24, 2.45) is 11.8 Å². The Morgan fingerprint density at radius 3 is 2.71 bits per heavy atom. The number of hydrogen-bond acceptors (Lipinski definition) is 3. The molecule has 0 radical (unpaired) electrons. The zero-order chi connectivity index (χ0) is 14.7. The highest BCUT2D eigenvalue weighted by molar-refractivity contribution is 5.10. The van der Waals surface area contributed by atoms with E-state index in [-0.39, 0.29) is 11.9 Å². The summed E-state index contributed by atoms with van der Waals surface area (Å²) in [6, 6.07) is 3.55. The topological polar surface area (TPSA) is 28.2 Å². The number of hydrogen-bond donors (Lipinski definition) is 1. The zero-order valence-electron chi connectivity index (χ0n) is 12.9. The standard InChI is InChI=1S/C17H26FN3/c1-2-19-17(16-7-6-15(18)10-20-16)8-9-21-11-13-4-3-5-14(13)12-21/h6-7,10,13-14,17,19H,2-5,8-9,11-12H2,1H3. The minimum absolute atomic E-state index is 0.232. The van der Waals surface area contributed by atoms with E-state index in [9.17, 15) is 4.39 Å². The summed E-state index contributed by atoms with van der Waals surface area (Å²) in [6.45, 7) is 6.69. The normalized spacial score (nSPS) is 27.0. The molecule has 21 heavy (non-hydrogen) atoms. The van der Waals surface area contributed by atoms with Gasteiger partial charge in [-0.1, -0.05) is 13.3 Å². The van der Waals surface area contributed by atoms with Gasteiger partial charge in [0.1, 0.15) is 5.82 Å². The average Bonchev–Trinajstić information content (AvgIpc) is 3.05. The second kappa shape index (κ2) is 6.84. The van der Waals surface area contributed by atoms with Crippen LogP contribution in [0.2, 0.25) is 0 Å². The van der Waals surface area contributed by atoms with Gasteiger partial charge >= 0.3 is 0 Å². The predicted octanol–water partition coefficient (Wildman–Crippen LogP) is 2.99. The molecule has 1 aromatic rings. The minimum Gasteiger partial charge on any atom is -0.309 e. The van der Waals surface area contributed by atoms with E-state index in [4.69, 9.17) is 0 Å². The van der Waals surface area contributed by atoms with Gasteiger partial charge in [-0.05, 0) is 49.8 Å². The molecule has 1 aliphatic carbocycles. The summed E-state index contributed by atoms with van der Waals surface area (Å²) in [6.07, 6.45) is 6.66. The van der Waals surface area contributed by atoms with Gasteiger partial charge in [-0.25, -0.2) is 4.39 Å². The first-order chi connectivity index (χ1) is 10.3. The Bertz CT molecular complexity index is 436. The quantitative estimate of drug-likeness (QED) is 0.873. The Kier molecular flexibility index (Phi) is 4.86. The number of pyridine rings is 1. The fourth-order valence-electron chi connectivity index (χ4n) is 4.02. The number of fused-ring (bicyclic) bond motifs is 1. The molecule has 3 rings (SSSR count). The third-order valence-corrected chi connectivity index (χ3v) is 5.09. The number of likely N-dealkylation sites (tertiary alicyclic amines) is 1. The zero-order valence-corrected chi connectivity index (χ0v) is 12.9. The molecule has 3 nitrogen and oxygen atoms in total. The highest BCUT2D eigenvalue weighted by Gasteiger charge is 2.35. The monoisotopic (exact) mass is 291 g/mol. The van der Waals surface area contributed by atoms with Crippen LogP contribution in [0.3, 0.4) is 0 Å². The van der Waals surface area contributed by atoms with E-state index >= 15 is 0 Å². The summed E-state index contributed by atoms with van der Waals surface area (Å²) in [5.74, 6) is 1.64. The molecule has 2 heterocycles. The van der Waals surface area contributed by atoms with Crippen molar-refractivity contribution in [1.82, 2.24) is 15.2 Å². The largest absolute Gasteiger partial charge is 0.309 e. The predicted molar refractivity (Wildman–Crippen MR) is 82.5 cm³/mol. The van der Waals surface area contributed by atoms with Gasteiger partial charge in [0.2, 0.25) is 0 Å². The van der Waals surface area contributed by atoms with Gasteiger partial charge in [0.05, 0.1) is 17.9 Å². The van der Waals surface area contributed by atoms with Crippen LogP contribution in [0.1, 0.15) is 44.3 Å². The van der Waals surface area contributed by atoms with E-state index in [1.165, 1.54) is 44.6 Å². The first-order valence-electron chi connectivity index (χ1n) is 8.33. The van der Waals surface area contributed by atoms with Gasteiger partial charge in [-0.3, -0.25) is 4.98 Å². The van der Waals surface area contributed by atoms with Crippen molar-refractivity contribution in [2.75, 3.05) is 26.2 Å². The van der Waals surface area contributed by atoms with Gasteiger partial charge in [0, 0.05) is 19.6 Å². The molecule has 0 spiro atoms. The number of aromatic nitrogens is 1. The van der Waals surface area contributed by atoms with E-state index in [0.29, 0.717) is 0 Å². The third-order valence-electron chi connectivity index (χ3n) is 5.09. The molecule has 3 unspecified atom stereocenters. The van der Waals surface area contributed by atoms with Gasteiger partial charge in [0.15, 0.2) is 0 Å². The lowest BCUT2D eigenvalue weighted by molar-refractivity contribution is 0.288. The highest BCUT2D eigenvalue weighted by atomic mass is 19.1. The van der Waals surface area contributed by atoms with Crippen LogP contribution < -0.4 is 5.32 Å². The van der Waals surface area contributed by atoms with Crippen LogP contribution in [-0.2, 0) is 0 Å². The maximum absolute atomic E-state index is 13.0. The first kappa shape index (κ1) is 14.9. The molecule has 1 saturated carbocycles. The van der Waals surface area contributed by atoms with Crippen LogP contribution in [-0.4, -0.2) is 36.1 Å². The van der Waals surface area contributed by atoms with Crippen LogP contribution >= 0.6 is 0 Å². The lowest BCUT2D eigenvalue weighted by Gasteiger charge is -2.22. The Morgan fingerprint density at radius 2 is 2.10 bits per heavy atom. The molecular weight excluding hydrogens is 265 g/mol. The number of rotatable bonds is 6. The summed E-state index contributed by atoms with van der Waals surface area (Å²) in [5.41, 5.74) is 0.956. The van der Waals surface area contributed by atoms with E-state index < -0.39 is 0 Å². The molecule has 3 atom stereocenters. The molecule has 0 bridgehead atoms. The fourth-order valence-corrected chi connectivity index (χ4v) is 4.02. The summed E-state index contributed by atoms with van der Waals surface area (Å²) in [5, 5.41) is 3.48. The Morgan fingerprint density at radius 1 is 1.33 bits per heavy atom. The van der Waals surface area contributed by atoms with Crippen molar-refractivity contribution in [1.29, 1.82) is 0 Å². The Balaban J connectivity index is 1.54. The average molecular weight is 291 g/mol. The van der Waals surface area contributed by atoms with Crippen LogP contribution in [0.5, 0.6) is 0 Å². The van der Waals surface area contributed by atoms with Crippen molar-refractivity contribution in [2.45, 2.75) is 38.6 Å². The second-order valence-corrected chi connectivity index (χ2v) is 6.51. The van der Waals surface area contributed by atoms with Crippen molar-refractivity contribution in [3.8, 4) is 0 Å². The maximum Gasteiger partial charge on any atom is 0.141 e. The fraction of sp³-hybridized carbons (Fsp3) is 0.706. The van der Waals surface area contributed by atoms with Crippen molar-refractivity contribution in [3.63, 3.8) is 0 Å². The molecule has 2 fully saturated rings. The Hall–Kier alpha value is -1.00. The highest BCUT2D eigenvalue weighted by Crippen LogP contribution is 2.37. The smallest absolute Gasteiger partial charge is 0.141 e. The van der Waals surface area contributed by atoms with E-state index in [1.807, 2.05) is 0 Å². The van der Waals surface area contributed by atoms with Gasteiger partial charge in [-0.15, -0.1) is 0 Å². The van der Waals surface area contributed by atoms with E-state index in [1.54, 1.807) is 6.07 Å². The second-order valence-electron chi connectivity index (χ2n) is 6.51.